The zero-order valence-corrected chi connectivity index (χ0v) is 11.3. The molecule has 0 aliphatic carbocycles. The molecule has 92 valence electrons. The molecule has 1 aliphatic rings. The molecule has 2 N–H and O–H groups in total. The Bertz CT molecular complexity index is 422. The van der Waals surface area contributed by atoms with Crippen molar-refractivity contribution < 1.29 is 0 Å². The minimum absolute atomic E-state index is 0.336. The van der Waals surface area contributed by atoms with Crippen molar-refractivity contribution in [3.05, 3.63) is 29.3 Å². The van der Waals surface area contributed by atoms with Crippen molar-refractivity contribution in [3.8, 4) is 0 Å². The summed E-state index contributed by atoms with van der Waals surface area (Å²) in [5.74, 6) is 1.68. The summed E-state index contributed by atoms with van der Waals surface area (Å²) in [4.78, 5) is 6.38. The highest BCUT2D eigenvalue weighted by molar-refractivity contribution is 7.98. The van der Waals surface area contributed by atoms with E-state index in [1.807, 2.05) is 36.0 Å². The summed E-state index contributed by atoms with van der Waals surface area (Å²) in [7, 11) is 0. The zero-order valence-electron chi connectivity index (χ0n) is 9.77. The van der Waals surface area contributed by atoms with Crippen molar-refractivity contribution in [1.82, 2.24) is 0 Å². The van der Waals surface area contributed by atoms with E-state index in [1.54, 1.807) is 0 Å². The summed E-state index contributed by atoms with van der Waals surface area (Å²) in [5.41, 5.74) is 6.91. The van der Waals surface area contributed by atoms with Crippen LogP contribution in [0.4, 0.5) is 5.69 Å². The molecular weight excluding hydrogens is 254 g/mol. The Balaban J connectivity index is 2.22. The van der Waals surface area contributed by atoms with Crippen LogP contribution < -0.4 is 10.6 Å². The molecule has 1 unspecified atom stereocenters. The molecule has 0 fully saturated rings. The topological polar surface area (TPSA) is 41.6 Å². The van der Waals surface area contributed by atoms with Gasteiger partial charge in [0.2, 0.25) is 0 Å². The number of halogens is 1. The minimum atomic E-state index is 0.336. The predicted octanol–water partition coefficient (Wildman–Crippen LogP) is 2.60. The highest BCUT2D eigenvalue weighted by atomic mass is 35.5. The lowest BCUT2D eigenvalue weighted by Crippen LogP contribution is -2.41. The molecule has 0 spiro atoms. The van der Waals surface area contributed by atoms with Gasteiger partial charge in [0.1, 0.15) is 0 Å². The predicted molar refractivity (Wildman–Crippen MR) is 77.2 cm³/mol. The van der Waals surface area contributed by atoms with E-state index in [1.165, 1.54) is 0 Å². The van der Waals surface area contributed by atoms with Crippen LogP contribution in [0.2, 0.25) is 5.02 Å². The fourth-order valence-corrected chi connectivity index (χ4v) is 2.72. The molecule has 0 bridgehead atoms. The van der Waals surface area contributed by atoms with E-state index in [-0.39, 0.29) is 0 Å². The smallest absolute Gasteiger partial charge is 0.196 e. The summed E-state index contributed by atoms with van der Waals surface area (Å²) < 4.78 is 0. The van der Waals surface area contributed by atoms with Gasteiger partial charge < -0.3 is 10.6 Å². The molecule has 0 aromatic heterocycles. The van der Waals surface area contributed by atoms with Crippen LogP contribution >= 0.6 is 23.4 Å². The van der Waals surface area contributed by atoms with Gasteiger partial charge in [-0.1, -0.05) is 23.7 Å². The Kier molecular flexibility index (Phi) is 4.18. The van der Waals surface area contributed by atoms with Crippen LogP contribution in [0, 0.1) is 0 Å². The van der Waals surface area contributed by atoms with E-state index in [2.05, 4.69) is 16.1 Å². The number of rotatable bonds is 4. The lowest BCUT2D eigenvalue weighted by molar-refractivity contribution is 0.690. The van der Waals surface area contributed by atoms with Gasteiger partial charge in [-0.25, -0.2) is 0 Å². The van der Waals surface area contributed by atoms with Crippen LogP contribution in [0.25, 0.3) is 0 Å². The fourth-order valence-electron chi connectivity index (χ4n) is 1.99. The van der Waals surface area contributed by atoms with Crippen LogP contribution in [0.3, 0.4) is 0 Å². The number of nitrogens with zero attached hydrogens (tertiary/aromatic N) is 2. The van der Waals surface area contributed by atoms with E-state index < -0.39 is 0 Å². The zero-order chi connectivity index (χ0) is 12.3. The maximum atomic E-state index is 6.21. The van der Waals surface area contributed by atoms with Gasteiger partial charge in [-0.05, 0) is 30.6 Å². The molecule has 1 aromatic carbocycles. The Hall–Kier alpha value is -0.870. The molecule has 1 atom stereocenters. The van der Waals surface area contributed by atoms with Gasteiger partial charge in [0, 0.05) is 0 Å². The average Bonchev–Trinajstić information content (AvgIpc) is 2.69. The molecule has 1 aliphatic heterocycles. The first-order chi connectivity index (χ1) is 8.24. The minimum Gasteiger partial charge on any atom is -0.370 e. The standard InChI is InChI=1S/C12H16ClN3S/c1-17-7-6-9-8-15-12(14)16(9)11-5-3-2-4-10(11)13/h2-5,9H,6-8H2,1H3,(H2,14,15). The molecule has 0 radical (unpaired) electrons. The van der Waals surface area contributed by atoms with Gasteiger partial charge in [0.15, 0.2) is 5.96 Å². The molecule has 1 heterocycles. The fraction of sp³-hybridized carbons (Fsp3) is 0.417. The molecule has 0 amide bonds. The Morgan fingerprint density at radius 2 is 2.29 bits per heavy atom. The van der Waals surface area contributed by atoms with E-state index >= 15 is 0 Å². The van der Waals surface area contributed by atoms with Crippen LogP contribution in [0.15, 0.2) is 29.3 Å². The third-order valence-corrected chi connectivity index (χ3v) is 3.81. The van der Waals surface area contributed by atoms with Crippen LogP contribution in [-0.4, -0.2) is 30.6 Å². The molecule has 0 saturated carbocycles. The Morgan fingerprint density at radius 1 is 1.53 bits per heavy atom. The third-order valence-electron chi connectivity index (χ3n) is 2.84. The first kappa shape index (κ1) is 12.6. The first-order valence-electron chi connectivity index (χ1n) is 5.56. The second-order valence-corrected chi connectivity index (χ2v) is 5.35. The normalized spacial score (nSPS) is 19.5. The summed E-state index contributed by atoms with van der Waals surface area (Å²) in [5, 5.41) is 0.724. The number of nitrogens with two attached hydrogens (primary N) is 1. The molecule has 3 nitrogen and oxygen atoms in total. The number of anilines is 1. The monoisotopic (exact) mass is 269 g/mol. The van der Waals surface area contributed by atoms with Gasteiger partial charge in [0.05, 0.1) is 23.3 Å². The number of hydrogen-bond donors (Lipinski definition) is 1. The quantitative estimate of drug-likeness (QED) is 0.914. The van der Waals surface area contributed by atoms with Crippen molar-refractivity contribution in [1.29, 1.82) is 0 Å². The lowest BCUT2D eigenvalue weighted by atomic mass is 10.2. The number of thioether (sulfide) groups is 1. The molecule has 0 saturated heterocycles. The average molecular weight is 270 g/mol. The number of aliphatic imine (C=N–C) groups is 1. The number of para-hydroxylation sites is 1. The van der Waals surface area contributed by atoms with Crippen LogP contribution in [-0.2, 0) is 0 Å². The summed E-state index contributed by atoms with van der Waals surface area (Å²) in [6.45, 7) is 0.762. The van der Waals surface area contributed by atoms with Gasteiger partial charge in [-0.3, -0.25) is 4.99 Å². The lowest BCUT2D eigenvalue weighted by Gasteiger charge is -2.26. The number of benzene rings is 1. The van der Waals surface area contributed by atoms with Crippen molar-refractivity contribution in [3.63, 3.8) is 0 Å². The van der Waals surface area contributed by atoms with Crippen LogP contribution in [0.5, 0.6) is 0 Å². The van der Waals surface area contributed by atoms with Gasteiger partial charge in [-0.15, -0.1) is 0 Å². The number of guanidine groups is 1. The molecule has 5 heteroatoms. The Morgan fingerprint density at radius 3 is 3.00 bits per heavy atom. The largest absolute Gasteiger partial charge is 0.370 e. The van der Waals surface area contributed by atoms with Crippen molar-refractivity contribution >= 4 is 35.0 Å². The van der Waals surface area contributed by atoms with E-state index in [0.717, 1.165) is 29.4 Å². The van der Waals surface area contributed by atoms with Crippen molar-refractivity contribution in [2.75, 3.05) is 23.5 Å². The summed E-state index contributed by atoms with van der Waals surface area (Å²) in [6.07, 6.45) is 3.18. The maximum absolute atomic E-state index is 6.21. The maximum Gasteiger partial charge on any atom is 0.196 e. The number of hydrogen-bond acceptors (Lipinski definition) is 4. The van der Waals surface area contributed by atoms with Gasteiger partial charge in [-0.2, -0.15) is 11.8 Å². The summed E-state index contributed by atoms with van der Waals surface area (Å²) >= 11 is 8.05. The van der Waals surface area contributed by atoms with Gasteiger partial charge in [0.25, 0.3) is 0 Å². The molecule has 17 heavy (non-hydrogen) atoms. The first-order valence-corrected chi connectivity index (χ1v) is 7.34. The Labute approximate surface area is 111 Å². The second-order valence-electron chi connectivity index (χ2n) is 3.96. The second kappa shape index (κ2) is 5.65. The molecular formula is C12H16ClN3S. The van der Waals surface area contributed by atoms with Crippen molar-refractivity contribution in [2.45, 2.75) is 12.5 Å². The SMILES string of the molecule is CSCCC1CN=C(N)N1c1ccccc1Cl. The molecule has 2 rings (SSSR count). The van der Waals surface area contributed by atoms with E-state index in [4.69, 9.17) is 17.3 Å². The van der Waals surface area contributed by atoms with E-state index in [9.17, 15) is 0 Å². The third kappa shape index (κ3) is 2.69. The molecule has 1 aromatic rings. The highest BCUT2D eigenvalue weighted by Gasteiger charge is 2.28. The highest BCUT2D eigenvalue weighted by Crippen LogP contribution is 2.29. The summed E-state index contributed by atoms with van der Waals surface area (Å²) in [6, 6.07) is 8.10. The van der Waals surface area contributed by atoms with Crippen LogP contribution in [0.1, 0.15) is 6.42 Å². The van der Waals surface area contributed by atoms with Gasteiger partial charge >= 0.3 is 0 Å². The van der Waals surface area contributed by atoms with Crippen molar-refractivity contribution in [2.24, 2.45) is 10.7 Å². The van der Waals surface area contributed by atoms with E-state index in [0.29, 0.717) is 12.0 Å².